The predicted molar refractivity (Wildman–Crippen MR) is 250 cm³/mol. The van der Waals surface area contributed by atoms with Crippen molar-refractivity contribution in [2.75, 3.05) is 9.80 Å². The maximum Gasteiger partial charge on any atom is 0.135 e. The molecular formula is C55H50N5OPt-3. The molecule has 1 aliphatic rings. The second kappa shape index (κ2) is 16.0. The topological polar surface area (TPSA) is 57.3 Å². The van der Waals surface area contributed by atoms with Crippen molar-refractivity contribution in [3.63, 3.8) is 0 Å². The Kier molecular flexibility index (Phi) is 10.9. The van der Waals surface area contributed by atoms with Gasteiger partial charge in [0.1, 0.15) is 5.82 Å². The molecule has 0 N–H and O–H groups in total. The zero-order valence-electron chi connectivity index (χ0n) is 36.7. The van der Waals surface area contributed by atoms with E-state index in [4.69, 9.17) is 9.72 Å². The predicted octanol–water partition coefficient (Wildman–Crippen LogP) is 14.4. The number of fused-ring (bicyclic) bond motifs is 4. The first kappa shape index (κ1) is 42.5. The Morgan fingerprint density at radius 2 is 1.29 bits per heavy atom. The van der Waals surface area contributed by atoms with Crippen molar-refractivity contribution in [3.8, 4) is 34.5 Å². The van der Waals surface area contributed by atoms with Crippen molar-refractivity contribution in [2.45, 2.75) is 78.6 Å². The smallest absolute Gasteiger partial charge is 0.135 e. The summed E-state index contributed by atoms with van der Waals surface area (Å²) >= 11 is 0. The fourth-order valence-electron chi connectivity index (χ4n) is 8.09. The van der Waals surface area contributed by atoms with E-state index in [0.29, 0.717) is 17.1 Å². The molecular weight excluding hydrogens is 942 g/mol. The summed E-state index contributed by atoms with van der Waals surface area (Å²) in [6.07, 6.45) is 1.88. The van der Waals surface area contributed by atoms with Crippen LogP contribution in [0.15, 0.2) is 134 Å². The van der Waals surface area contributed by atoms with Gasteiger partial charge in [0.2, 0.25) is 0 Å². The van der Waals surface area contributed by atoms with Gasteiger partial charge in [0.25, 0.3) is 0 Å². The molecule has 6 aromatic carbocycles. The molecule has 62 heavy (non-hydrogen) atoms. The minimum absolute atomic E-state index is 0. The largest absolute Gasteiger partial charge is 0.509 e. The van der Waals surface area contributed by atoms with Crippen LogP contribution in [0.1, 0.15) is 84.6 Å². The van der Waals surface area contributed by atoms with Gasteiger partial charge in [-0.15, -0.1) is 42.0 Å². The third kappa shape index (κ3) is 7.91. The Morgan fingerprint density at radius 1 is 0.629 bits per heavy atom. The van der Waals surface area contributed by atoms with Crippen LogP contribution in [-0.2, 0) is 37.3 Å². The van der Waals surface area contributed by atoms with Crippen LogP contribution in [0.3, 0.4) is 0 Å². The molecule has 0 saturated heterocycles. The first-order valence-electron chi connectivity index (χ1n) is 20.9. The van der Waals surface area contributed by atoms with Gasteiger partial charge in [0.05, 0.1) is 11.6 Å². The van der Waals surface area contributed by atoms with E-state index < -0.39 is 0 Å². The molecule has 7 heteroatoms. The maximum atomic E-state index is 9.91. The van der Waals surface area contributed by atoms with Crippen LogP contribution in [0.25, 0.3) is 38.8 Å². The Morgan fingerprint density at radius 3 is 1.98 bits per heavy atom. The van der Waals surface area contributed by atoms with E-state index in [0.717, 1.165) is 61.5 Å². The normalized spacial score (nSPS) is 13.0. The molecule has 0 saturated carbocycles. The molecule has 0 atom stereocenters. The number of anilines is 4. The Bertz CT molecular complexity index is 2990. The van der Waals surface area contributed by atoms with Crippen molar-refractivity contribution in [2.24, 2.45) is 0 Å². The molecule has 0 fully saturated rings. The molecule has 0 unspecified atom stereocenters. The number of ether oxygens (including phenoxy) is 1. The van der Waals surface area contributed by atoms with Crippen molar-refractivity contribution in [1.82, 2.24) is 9.55 Å². The van der Waals surface area contributed by atoms with Crippen molar-refractivity contribution in [1.29, 1.82) is 5.26 Å². The molecule has 0 spiro atoms. The van der Waals surface area contributed by atoms with Gasteiger partial charge in [0, 0.05) is 61.3 Å². The van der Waals surface area contributed by atoms with Crippen LogP contribution < -0.4 is 14.5 Å². The van der Waals surface area contributed by atoms with Crippen LogP contribution >= 0.6 is 0 Å². The van der Waals surface area contributed by atoms with E-state index in [9.17, 15) is 5.26 Å². The summed E-state index contributed by atoms with van der Waals surface area (Å²) in [5, 5.41) is 12.0. The number of aromatic nitrogens is 2. The number of rotatable bonds is 6. The number of hydrogen-bond donors (Lipinski definition) is 0. The Hall–Kier alpha value is -6.15. The van der Waals surface area contributed by atoms with Gasteiger partial charge in [0.15, 0.2) is 0 Å². The molecule has 1 aliphatic heterocycles. The second-order valence-electron chi connectivity index (χ2n) is 19.1. The zero-order valence-corrected chi connectivity index (χ0v) is 39.0. The molecule has 8 aromatic rings. The van der Waals surface area contributed by atoms with Gasteiger partial charge in [-0.25, -0.2) is 4.98 Å². The average Bonchev–Trinajstić information content (AvgIpc) is 3.78. The summed E-state index contributed by atoms with van der Waals surface area (Å²) in [6.45, 7) is 22.4. The summed E-state index contributed by atoms with van der Waals surface area (Å²) in [5.41, 5.74) is 11.9. The van der Waals surface area contributed by atoms with Gasteiger partial charge < -0.3 is 19.1 Å². The first-order chi connectivity index (χ1) is 29.1. The molecule has 9 rings (SSSR count). The van der Waals surface area contributed by atoms with Crippen LogP contribution in [0.4, 0.5) is 22.7 Å². The number of benzene rings is 6. The fourth-order valence-corrected chi connectivity index (χ4v) is 8.09. The van der Waals surface area contributed by atoms with Crippen LogP contribution in [0, 0.1) is 30.1 Å². The minimum atomic E-state index is -0.0651. The minimum Gasteiger partial charge on any atom is -0.509 e. The van der Waals surface area contributed by atoms with Crippen LogP contribution in [0.2, 0.25) is 0 Å². The van der Waals surface area contributed by atoms with Crippen LogP contribution in [0.5, 0.6) is 11.5 Å². The first-order valence-corrected chi connectivity index (χ1v) is 20.9. The number of nitriles is 1. The SMILES string of the molecule is CC(C)(C)c1cc(N2[CH-]N(c3[c-]c(Oc4[c-]c5c(cc4-c4cccc(C#N)c4)c4ccccc4n5-c4cc(C(C)(C)C)ccn4)ccc3)c3ccccc32)cc(C(C)(C)C)c1.[Pt]. The van der Waals surface area contributed by atoms with E-state index in [1.165, 1.54) is 16.7 Å². The van der Waals surface area contributed by atoms with E-state index >= 15 is 0 Å². The van der Waals surface area contributed by atoms with Gasteiger partial charge in [-0.05, 0) is 92.9 Å². The Balaban J connectivity index is 0.00000529. The van der Waals surface area contributed by atoms with E-state index in [-0.39, 0.29) is 37.3 Å². The summed E-state index contributed by atoms with van der Waals surface area (Å²) in [4.78, 5) is 9.36. The molecule has 6 nitrogen and oxygen atoms in total. The molecule has 2 aromatic heterocycles. The number of hydrogen-bond acceptors (Lipinski definition) is 5. The van der Waals surface area contributed by atoms with Gasteiger partial charge in [-0.2, -0.15) is 17.4 Å². The van der Waals surface area contributed by atoms with E-state index in [1.807, 2.05) is 42.6 Å². The molecule has 3 heterocycles. The number of nitrogens with zero attached hydrogens (tertiary/aromatic N) is 5. The molecule has 0 bridgehead atoms. The zero-order chi connectivity index (χ0) is 42.8. The second-order valence-corrected chi connectivity index (χ2v) is 19.1. The molecule has 0 radical (unpaired) electrons. The molecule has 314 valence electrons. The Labute approximate surface area is 380 Å². The summed E-state index contributed by atoms with van der Waals surface area (Å²) < 4.78 is 9.11. The average molecular weight is 992 g/mol. The number of para-hydroxylation sites is 3. The molecule has 0 amide bonds. The van der Waals surface area contributed by atoms with Crippen molar-refractivity contribution in [3.05, 3.63) is 175 Å². The molecule has 0 aliphatic carbocycles. The van der Waals surface area contributed by atoms with Crippen molar-refractivity contribution < 1.29 is 25.8 Å². The maximum absolute atomic E-state index is 9.91. The quantitative estimate of drug-likeness (QED) is 0.155. The van der Waals surface area contributed by atoms with Crippen molar-refractivity contribution >= 4 is 44.6 Å². The third-order valence-corrected chi connectivity index (χ3v) is 11.6. The summed E-state index contributed by atoms with van der Waals surface area (Å²) in [6, 6.07) is 53.6. The van der Waals surface area contributed by atoms with Gasteiger partial charge in [-0.1, -0.05) is 127 Å². The van der Waals surface area contributed by atoms with Crippen LogP contribution in [-0.4, -0.2) is 9.55 Å². The van der Waals surface area contributed by atoms with Gasteiger partial charge >= 0.3 is 0 Å². The van der Waals surface area contributed by atoms with E-state index in [2.05, 4.69) is 193 Å². The number of pyridine rings is 1. The standard InChI is InChI=1S/C55H50N5O.Pt/c1-53(2,3)38-24-25-57-52(30-38)60-47-21-11-10-20-44(47)46-32-45(37-17-14-16-36(26-37)34-56)51(33-50(46)60)61-43-19-15-18-41(31-43)58-35-59(49-23-13-12-22-48(49)58)42-28-39(54(4,5)6)27-40(29-42)55(7,8)9;/h10-30,32,35H,1-9H3;/q-3;. The third-order valence-electron chi connectivity index (χ3n) is 11.6. The monoisotopic (exact) mass is 991 g/mol. The van der Waals surface area contributed by atoms with Gasteiger partial charge in [-0.3, -0.25) is 0 Å². The fraction of sp³-hybridized carbons (Fsp3) is 0.218. The summed E-state index contributed by atoms with van der Waals surface area (Å²) in [5.74, 6) is 1.87. The summed E-state index contributed by atoms with van der Waals surface area (Å²) in [7, 11) is 0. The van der Waals surface area contributed by atoms with E-state index in [1.54, 1.807) is 0 Å².